The first-order valence-electron chi connectivity index (χ1n) is 8.21. The van der Waals surface area contributed by atoms with Crippen LogP contribution >= 0.6 is 12.4 Å². The molecule has 1 amide bonds. The standard InChI is InChI=1S/C19H20N4O2.ClH/c1-20-11-5-10-17(24)21-14-7-4-6-13(12-14)18-15-8-2-3-9-16(15)19(25)23-22-18;/h2-4,6-9,12,20H,5,10-11H2,1H3,(H,21,24)(H,23,25);1H. The van der Waals surface area contributed by atoms with Gasteiger partial charge in [0.2, 0.25) is 5.91 Å². The van der Waals surface area contributed by atoms with Crippen molar-refractivity contribution < 1.29 is 4.79 Å². The lowest BCUT2D eigenvalue weighted by Crippen LogP contribution is -2.15. The average Bonchev–Trinajstić information content (AvgIpc) is 2.63. The van der Waals surface area contributed by atoms with Crippen molar-refractivity contribution in [2.45, 2.75) is 12.8 Å². The highest BCUT2D eigenvalue weighted by atomic mass is 35.5. The Balaban J connectivity index is 0.00000243. The van der Waals surface area contributed by atoms with Crippen molar-refractivity contribution in [3.63, 3.8) is 0 Å². The maximum atomic E-state index is 12.0. The molecular weight excluding hydrogens is 352 g/mol. The number of carbonyl (C=O) groups excluding carboxylic acids is 1. The number of aromatic nitrogens is 2. The molecule has 3 aromatic rings. The number of nitrogens with one attached hydrogen (secondary N) is 3. The van der Waals surface area contributed by atoms with Gasteiger partial charge in [0, 0.05) is 23.1 Å². The Labute approximate surface area is 157 Å². The summed E-state index contributed by atoms with van der Waals surface area (Å²) in [6, 6.07) is 14.8. The monoisotopic (exact) mass is 372 g/mol. The molecule has 6 nitrogen and oxygen atoms in total. The van der Waals surface area contributed by atoms with Gasteiger partial charge in [0.25, 0.3) is 5.56 Å². The molecule has 0 bridgehead atoms. The number of hydrogen-bond acceptors (Lipinski definition) is 4. The number of H-pyrrole nitrogens is 1. The molecule has 0 aliphatic carbocycles. The number of fused-ring (bicyclic) bond motifs is 1. The first-order valence-corrected chi connectivity index (χ1v) is 8.21. The quantitative estimate of drug-likeness (QED) is 0.580. The molecule has 3 N–H and O–H groups in total. The number of hydrogen-bond donors (Lipinski definition) is 3. The third-order valence-electron chi connectivity index (χ3n) is 3.95. The highest BCUT2D eigenvalue weighted by molar-refractivity contribution is 5.95. The van der Waals surface area contributed by atoms with Gasteiger partial charge in [-0.3, -0.25) is 9.59 Å². The molecule has 1 aromatic heterocycles. The van der Waals surface area contributed by atoms with Gasteiger partial charge in [-0.25, -0.2) is 5.10 Å². The number of benzene rings is 2. The summed E-state index contributed by atoms with van der Waals surface area (Å²) in [5, 5.41) is 14.0. The minimum absolute atomic E-state index is 0. The molecule has 0 radical (unpaired) electrons. The number of aromatic amines is 1. The van der Waals surface area contributed by atoms with Crippen molar-refractivity contribution in [1.82, 2.24) is 15.5 Å². The van der Waals surface area contributed by atoms with E-state index >= 15 is 0 Å². The molecule has 0 fully saturated rings. The second-order valence-electron chi connectivity index (χ2n) is 5.78. The Bertz CT molecular complexity index is 955. The number of nitrogens with zero attached hydrogens (tertiary/aromatic N) is 1. The summed E-state index contributed by atoms with van der Waals surface area (Å²) >= 11 is 0. The molecule has 0 saturated carbocycles. The Morgan fingerprint density at radius 3 is 2.65 bits per heavy atom. The van der Waals surface area contributed by atoms with E-state index in [1.807, 2.05) is 49.5 Å². The van der Waals surface area contributed by atoms with Crippen LogP contribution in [0, 0.1) is 0 Å². The number of anilines is 1. The SMILES string of the molecule is CNCCCC(=O)Nc1cccc(-c2n[nH]c(=O)c3ccccc23)c1.Cl. The number of amides is 1. The van der Waals surface area contributed by atoms with Crippen LogP contribution in [0.2, 0.25) is 0 Å². The Morgan fingerprint density at radius 2 is 1.88 bits per heavy atom. The predicted molar refractivity (Wildman–Crippen MR) is 107 cm³/mol. The maximum absolute atomic E-state index is 12.0. The highest BCUT2D eigenvalue weighted by Crippen LogP contribution is 2.26. The summed E-state index contributed by atoms with van der Waals surface area (Å²) in [6.45, 7) is 0.806. The topological polar surface area (TPSA) is 86.9 Å². The van der Waals surface area contributed by atoms with Gasteiger partial charge in [0.15, 0.2) is 0 Å². The Morgan fingerprint density at radius 1 is 1.12 bits per heavy atom. The maximum Gasteiger partial charge on any atom is 0.272 e. The molecule has 26 heavy (non-hydrogen) atoms. The zero-order valence-electron chi connectivity index (χ0n) is 14.4. The molecular formula is C19H21ClN4O2. The summed E-state index contributed by atoms with van der Waals surface area (Å²) in [7, 11) is 1.86. The average molecular weight is 373 g/mol. The molecule has 0 saturated heterocycles. The zero-order valence-corrected chi connectivity index (χ0v) is 15.2. The van der Waals surface area contributed by atoms with Gasteiger partial charge in [0.05, 0.1) is 11.1 Å². The smallest absolute Gasteiger partial charge is 0.272 e. The van der Waals surface area contributed by atoms with E-state index in [1.165, 1.54) is 0 Å². The number of halogens is 1. The van der Waals surface area contributed by atoms with Gasteiger partial charge in [-0.05, 0) is 38.2 Å². The summed E-state index contributed by atoms with van der Waals surface area (Å²) in [6.07, 6.45) is 1.25. The van der Waals surface area contributed by atoms with Crippen LogP contribution in [-0.2, 0) is 4.79 Å². The van der Waals surface area contributed by atoms with Crippen molar-refractivity contribution in [2.24, 2.45) is 0 Å². The highest BCUT2D eigenvalue weighted by Gasteiger charge is 2.09. The van der Waals surface area contributed by atoms with Crippen LogP contribution in [0.4, 0.5) is 5.69 Å². The van der Waals surface area contributed by atoms with Crippen LogP contribution in [-0.4, -0.2) is 29.7 Å². The van der Waals surface area contributed by atoms with Gasteiger partial charge in [-0.15, -0.1) is 12.4 Å². The number of rotatable bonds is 6. The summed E-state index contributed by atoms with van der Waals surface area (Å²) < 4.78 is 0. The largest absolute Gasteiger partial charge is 0.326 e. The third-order valence-corrected chi connectivity index (χ3v) is 3.95. The van der Waals surface area contributed by atoms with Gasteiger partial charge in [-0.1, -0.05) is 30.3 Å². The first kappa shape index (κ1) is 19.6. The Hall–Kier alpha value is -2.70. The summed E-state index contributed by atoms with van der Waals surface area (Å²) in [4.78, 5) is 23.9. The fourth-order valence-electron chi connectivity index (χ4n) is 2.73. The lowest BCUT2D eigenvalue weighted by Gasteiger charge is -2.09. The van der Waals surface area contributed by atoms with E-state index in [9.17, 15) is 9.59 Å². The molecule has 136 valence electrons. The van der Waals surface area contributed by atoms with Crippen molar-refractivity contribution in [2.75, 3.05) is 18.9 Å². The fraction of sp³-hybridized carbons (Fsp3) is 0.211. The summed E-state index contributed by atoms with van der Waals surface area (Å²) in [5.74, 6) is -0.0216. The van der Waals surface area contributed by atoms with E-state index < -0.39 is 0 Å². The molecule has 1 heterocycles. The minimum atomic E-state index is -0.214. The van der Waals surface area contributed by atoms with E-state index in [2.05, 4.69) is 20.8 Å². The van der Waals surface area contributed by atoms with E-state index in [-0.39, 0.29) is 23.9 Å². The minimum Gasteiger partial charge on any atom is -0.326 e. The van der Waals surface area contributed by atoms with E-state index in [0.29, 0.717) is 23.2 Å². The lowest BCUT2D eigenvalue weighted by atomic mass is 10.0. The molecule has 0 aliphatic rings. The van der Waals surface area contributed by atoms with Crippen LogP contribution in [0.1, 0.15) is 12.8 Å². The van der Waals surface area contributed by atoms with Gasteiger partial charge >= 0.3 is 0 Å². The molecule has 0 unspecified atom stereocenters. The molecule has 7 heteroatoms. The van der Waals surface area contributed by atoms with Crippen LogP contribution in [0.15, 0.2) is 53.3 Å². The summed E-state index contributed by atoms with van der Waals surface area (Å²) in [5.41, 5.74) is 2.01. The van der Waals surface area contributed by atoms with Crippen LogP contribution in [0.5, 0.6) is 0 Å². The molecule has 0 atom stereocenters. The molecule has 3 rings (SSSR count). The third kappa shape index (κ3) is 4.47. The zero-order chi connectivity index (χ0) is 17.6. The van der Waals surface area contributed by atoms with Gasteiger partial charge in [-0.2, -0.15) is 5.10 Å². The van der Waals surface area contributed by atoms with Crippen molar-refractivity contribution in [3.05, 3.63) is 58.9 Å². The van der Waals surface area contributed by atoms with Crippen molar-refractivity contribution in [1.29, 1.82) is 0 Å². The van der Waals surface area contributed by atoms with Crippen molar-refractivity contribution >= 4 is 34.8 Å². The second kappa shape index (κ2) is 9.12. The van der Waals surface area contributed by atoms with Crippen LogP contribution in [0.25, 0.3) is 22.0 Å². The number of carbonyl (C=O) groups is 1. The van der Waals surface area contributed by atoms with E-state index in [4.69, 9.17) is 0 Å². The van der Waals surface area contributed by atoms with Gasteiger partial charge < -0.3 is 10.6 Å². The normalized spacial score (nSPS) is 10.3. The van der Waals surface area contributed by atoms with Crippen molar-refractivity contribution in [3.8, 4) is 11.3 Å². The van der Waals surface area contributed by atoms with Crippen LogP contribution < -0.4 is 16.2 Å². The Kier molecular flexibility index (Phi) is 6.89. The lowest BCUT2D eigenvalue weighted by molar-refractivity contribution is -0.116. The molecule has 2 aromatic carbocycles. The fourth-order valence-corrected chi connectivity index (χ4v) is 2.73. The molecule has 0 spiro atoms. The van der Waals surface area contributed by atoms with E-state index in [1.54, 1.807) is 6.07 Å². The molecule has 0 aliphatic heterocycles. The first-order chi connectivity index (χ1) is 12.2. The predicted octanol–water partition coefficient (Wildman–Crippen LogP) is 2.95. The van der Waals surface area contributed by atoms with Gasteiger partial charge in [0.1, 0.15) is 0 Å². The van der Waals surface area contributed by atoms with Crippen LogP contribution in [0.3, 0.4) is 0 Å². The second-order valence-corrected chi connectivity index (χ2v) is 5.78. The van der Waals surface area contributed by atoms with E-state index in [0.717, 1.165) is 23.9 Å².